The molecule has 1 unspecified atom stereocenters. The summed E-state index contributed by atoms with van der Waals surface area (Å²) in [7, 11) is 5.32. The van der Waals surface area contributed by atoms with Crippen LogP contribution in [-0.2, 0) is 21.0 Å². The second-order valence-electron chi connectivity index (χ2n) is 2.61. The summed E-state index contributed by atoms with van der Waals surface area (Å²) in [5, 5.41) is 12.4. The molecule has 1 aromatic carbocycles. The van der Waals surface area contributed by atoms with Crippen LogP contribution in [0.2, 0.25) is 0 Å². The first-order valence-corrected chi connectivity index (χ1v) is 5.23. The fourth-order valence-electron chi connectivity index (χ4n) is 0.851. The minimum atomic E-state index is -0.875. The molecule has 0 saturated carbocycles. The zero-order chi connectivity index (χ0) is 12.4. The van der Waals surface area contributed by atoms with Crippen LogP contribution in [-0.4, -0.2) is 25.3 Å². The van der Waals surface area contributed by atoms with Crippen LogP contribution >= 0.6 is 9.24 Å². The Morgan fingerprint density at radius 1 is 1.25 bits per heavy atom. The third-order valence-corrected chi connectivity index (χ3v) is 2.04. The first-order chi connectivity index (χ1) is 7.65. The van der Waals surface area contributed by atoms with Crippen molar-refractivity contribution < 1.29 is 24.7 Å². The van der Waals surface area contributed by atoms with Crippen molar-refractivity contribution in [3.8, 4) is 0 Å². The summed E-state index contributed by atoms with van der Waals surface area (Å²) in [6.45, 7) is 0. The Hall–Kier alpha value is -1.00. The molecule has 1 atom stereocenters. The van der Waals surface area contributed by atoms with Gasteiger partial charge in [0, 0.05) is 0 Å². The molecule has 0 bridgehead atoms. The lowest BCUT2D eigenvalue weighted by Crippen LogP contribution is -1.95. The van der Waals surface area contributed by atoms with Crippen molar-refractivity contribution in [3.63, 3.8) is 0 Å². The van der Waals surface area contributed by atoms with Crippen LogP contribution < -0.4 is 0 Å². The Morgan fingerprint density at radius 2 is 1.75 bits per heavy atom. The minimum absolute atomic E-state index is 0.340. The van der Waals surface area contributed by atoms with Crippen molar-refractivity contribution >= 4 is 15.2 Å². The Bertz CT molecular complexity index is 297. The van der Waals surface area contributed by atoms with Crippen LogP contribution in [0.4, 0.5) is 0 Å². The topological polar surface area (TPSA) is 65.0 Å². The molecule has 0 aliphatic rings. The number of carboxylic acid groups (broad SMARTS) is 1. The number of hydrogen-bond donors (Lipinski definition) is 1. The van der Waals surface area contributed by atoms with E-state index in [0.29, 0.717) is 5.56 Å². The summed E-state index contributed by atoms with van der Waals surface area (Å²) in [6, 6.07) is 6.86. The predicted octanol–water partition coefficient (Wildman–Crippen LogP) is 1.89. The maximum Gasteiger partial charge on any atom is 0.335 e. The van der Waals surface area contributed by atoms with E-state index >= 15 is 0 Å². The van der Waals surface area contributed by atoms with Crippen LogP contribution in [0.3, 0.4) is 0 Å². The number of rotatable bonds is 4. The quantitative estimate of drug-likeness (QED) is 0.499. The molecule has 0 heterocycles. The van der Waals surface area contributed by atoms with Gasteiger partial charge in [0.15, 0.2) is 0 Å². The Labute approximate surface area is 96.4 Å². The van der Waals surface area contributed by atoms with Gasteiger partial charge < -0.3 is 5.11 Å². The van der Waals surface area contributed by atoms with Gasteiger partial charge in [0.25, 0.3) is 0 Å². The molecule has 0 saturated heterocycles. The lowest BCUT2D eigenvalue weighted by molar-refractivity contribution is -0.491. The average Bonchev–Trinajstić information content (AvgIpc) is 2.31. The highest BCUT2D eigenvalue weighted by Gasteiger charge is 1.99. The largest absolute Gasteiger partial charge is 0.478 e. The first-order valence-electron chi connectivity index (χ1n) is 4.41. The molecule has 16 heavy (non-hydrogen) atoms. The molecule has 0 amide bonds. The van der Waals surface area contributed by atoms with Crippen LogP contribution in [0.5, 0.6) is 0 Å². The van der Waals surface area contributed by atoms with Gasteiger partial charge in [-0.15, -0.1) is 9.24 Å². The third-order valence-electron chi connectivity index (χ3n) is 1.57. The normalized spacial score (nSPS) is 9.19. The molecule has 6 heteroatoms. The summed E-state index contributed by atoms with van der Waals surface area (Å²) in [6.07, 6.45) is 0.861. The van der Waals surface area contributed by atoms with Crippen molar-refractivity contribution in [2.45, 2.75) is 6.16 Å². The van der Waals surface area contributed by atoms with E-state index in [1.807, 2.05) is 12.1 Å². The number of benzene rings is 1. The van der Waals surface area contributed by atoms with E-state index in [0.717, 1.165) is 11.7 Å². The smallest absolute Gasteiger partial charge is 0.335 e. The zero-order valence-corrected chi connectivity index (χ0v) is 10.3. The van der Waals surface area contributed by atoms with Gasteiger partial charge >= 0.3 is 5.97 Å². The van der Waals surface area contributed by atoms with Crippen LogP contribution in [0.25, 0.3) is 0 Å². The van der Waals surface area contributed by atoms with E-state index in [2.05, 4.69) is 24.1 Å². The zero-order valence-electron chi connectivity index (χ0n) is 9.17. The number of aromatic carboxylic acids is 1. The van der Waals surface area contributed by atoms with Crippen LogP contribution in [0.15, 0.2) is 24.3 Å². The molecule has 0 aliphatic heterocycles. The fourth-order valence-corrected chi connectivity index (χ4v) is 1.12. The average molecular weight is 246 g/mol. The molecule has 0 radical (unpaired) electrons. The third kappa shape index (κ3) is 6.48. The first kappa shape index (κ1) is 15.0. The summed E-state index contributed by atoms with van der Waals surface area (Å²) in [4.78, 5) is 18.3. The van der Waals surface area contributed by atoms with E-state index in [-0.39, 0.29) is 0 Å². The van der Waals surface area contributed by atoms with Gasteiger partial charge in [-0.1, -0.05) is 17.2 Å². The Kier molecular flexibility index (Phi) is 8.66. The highest BCUT2D eigenvalue weighted by atomic mass is 31.0. The van der Waals surface area contributed by atoms with E-state index in [1.54, 1.807) is 12.1 Å². The molecule has 0 spiro atoms. The van der Waals surface area contributed by atoms with Gasteiger partial charge in [-0.25, -0.2) is 14.6 Å². The van der Waals surface area contributed by atoms with Gasteiger partial charge in [0.1, 0.15) is 0 Å². The van der Waals surface area contributed by atoms with Crippen molar-refractivity contribution in [1.29, 1.82) is 0 Å². The maximum absolute atomic E-state index is 10.4. The maximum atomic E-state index is 10.4. The summed E-state index contributed by atoms with van der Waals surface area (Å²) < 4.78 is 0. The van der Waals surface area contributed by atoms with E-state index in [9.17, 15) is 4.79 Å². The number of carbonyl (C=O) groups is 1. The second-order valence-corrected chi connectivity index (χ2v) is 3.02. The number of hydrogen-bond acceptors (Lipinski definition) is 4. The monoisotopic (exact) mass is 246 g/mol. The molecule has 1 aromatic rings. The second kappa shape index (κ2) is 9.24. The predicted molar refractivity (Wildman–Crippen MR) is 61.9 cm³/mol. The van der Waals surface area contributed by atoms with Crippen molar-refractivity contribution in [3.05, 3.63) is 35.4 Å². The van der Waals surface area contributed by atoms with Gasteiger partial charge in [0.2, 0.25) is 0 Å². The van der Waals surface area contributed by atoms with Crippen molar-refractivity contribution in [1.82, 2.24) is 0 Å². The van der Waals surface area contributed by atoms with Crippen LogP contribution in [0, 0.1) is 0 Å². The minimum Gasteiger partial charge on any atom is -0.478 e. The summed E-state index contributed by atoms with van der Waals surface area (Å²) in [5.41, 5.74) is 1.47. The number of carboxylic acids is 1. The molecule has 0 aliphatic carbocycles. The Morgan fingerprint density at radius 3 is 2.00 bits per heavy atom. The summed E-state index contributed by atoms with van der Waals surface area (Å²) >= 11 is 0. The van der Waals surface area contributed by atoms with Crippen LogP contribution in [0.1, 0.15) is 15.9 Å². The fraction of sp³-hybridized carbons (Fsp3) is 0.300. The molecule has 0 fully saturated rings. The summed E-state index contributed by atoms with van der Waals surface area (Å²) in [5.74, 6) is -0.875. The van der Waals surface area contributed by atoms with E-state index in [4.69, 9.17) is 5.11 Å². The molecular formula is C10H15O5P. The van der Waals surface area contributed by atoms with Crippen molar-refractivity contribution in [2.24, 2.45) is 0 Å². The van der Waals surface area contributed by atoms with Gasteiger partial charge in [-0.2, -0.15) is 0 Å². The highest BCUT2D eigenvalue weighted by molar-refractivity contribution is 7.15. The lowest BCUT2D eigenvalue weighted by Gasteiger charge is -1.96. The molecule has 1 N–H and O–H groups in total. The molecule has 5 nitrogen and oxygen atoms in total. The lowest BCUT2D eigenvalue weighted by atomic mass is 10.1. The van der Waals surface area contributed by atoms with Gasteiger partial charge in [-0.05, 0) is 23.9 Å². The Balaban J connectivity index is 0.000000385. The molecule has 1 rings (SSSR count). The van der Waals surface area contributed by atoms with Gasteiger partial charge in [-0.3, -0.25) is 0 Å². The standard InChI is InChI=1S/C8H9O2P.C2H6O3/c9-8(10)7-3-1-6(5-11)2-4-7;1-3-5-4-2/h1-4H,5,11H2,(H,9,10);1-2H3. The highest BCUT2D eigenvalue weighted by Crippen LogP contribution is 2.07. The molecule has 90 valence electrons. The molecule has 0 aromatic heterocycles. The van der Waals surface area contributed by atoms with E-state index < -0.39 is 5.97 Å². The SMILES string of the molecule is COOOC.O=C(O)c1ccc(CP)cc1. The van der Waals surface area contributed by atoms with Gasteiger partial charge in [0.05, 0.1) is 19.8 Å². The molecular weight excluding hydrogens is 231 g/mol. The van der Waals surface area contributed by atoms with Crippen molar-refractivity contribution in [2.75, 3.05) is 14.2 Å². The van der Waals surface area contributed by atoms with E-state index in [1.165, 1.54) is 14.2 Å².